The number of carbonyl (C=O) groups is 2. The molecule has 2 amide bonds. The zero-order valence-electron chi connectivity index (χ0n) is 14.7. The SMILES string of the molecule is CNC(=O)c1cnc(Nc2ccccc2C)c(NC(=O)c2csc(N)n2)c1. The highest BCUT2D eigenvalue weighted by Crippen LogP contribution is 2.27. The van der Waals surface area contributed by atoms with Crippen LogP contribution in [0.3, 0.4) is 0 Å². The molecule has 0 saturated carbocycles. The molecule has 138 valence electrons. The Hall–Kier alpha value is -3.46. The van der Waals surface area contributed by atoms with Gasteiger partial charge in [0.05, 0.1) is 11.3 Å². The highest BCUT2D eigenvalue weighted by molar-refractivity contribution is 7.13. The summed E-state index contributed by atoms with van der Waals surface area (Å²) in [5.41, 5.74) is 8.32. The third-order valence-corrected chi connectivity index (χ3v) is 4.45. The van der Waals surface area contributed by atoms with Gasteiger partial charge in [-0.25, -0.2) is 9.97 Å². The van der Waals surface area contributed by atoms with Crippen molar-refractivity contribution >= 4 is 45.5 Å². The molecule has 0 atom stereocenters. The Labute approximate surface area is 159 Å². The van der Waals surface area contributed by atoms with E-state index in [2.05, 4.69) is 25.9 Å². The van der Waals surface area contributed by atoms with Gasteiger partial charge in [0, 0.05) is 24.3 Å². The van der Waals surface area contributed by atoms with Gasteiger partial charge in [0.2, 0.25) is 0 Å². The molecule has 0 saturated heterocycles. The molecule has 0 aliphatic heterocycles. The minimum atomic E-state index is -0.438. The van der Waals surface area contributed by atoms with Gasteiger partial charge in [-0.15, -0.1) is 11.3 Å². The molecule has 0 fully saturated rings. The smallest absolute Gasteiger partial charge is 0.275 e. The molecule has 2 heterocycles. The Balaban J connectivity index is 1.95. The lowest BCUT2D eigenvalue weighted by Crippen LogP contribution is -2.20. The number of amides is 2. The van der Waals surface area contributed by atoms with E-state index < -0.39 is 5.91 Å². The first-order valence-electron chi connectivity index (χ1n) is 8.05. The maximum absolute atomic E-state index is 12.5. The predicted octanol–water partition coefficient (Wildman–Crippen LogP) is 2.78. The van der Waals surface area contributed by atoms with Gasteiger partial charge in [0.15, 0.2) is 10.9 Å². The molecular formula is C18H18N6O2S. The number of hydrogen-bond acceptors (Lipinski definition) is 7. The lowest BCUT2D eigenvalue weighted by atomic mass is 10.2. The van der Waals surface area contributed by atoms with E-state index >= 15 is 0 Å². The molecule has 2 aromatic heterocycles. The second-order valence-corrected chi connectivity index (χ2v) is 6.55. The van der Waals surface area contributed by atoms with Crippen molar-refractivity contribution in [1.82, 2.24) is 15.3 Å². The third-order valence-electron chi connectivity index (χ3n) is 3.78. The van der Waals surface area contributed by atoms with E-state index in [9.17, 15) is 9.59 Å². The van der Waals surface area contributed by atoms with Crippen molar-refractivity contribution in [2.75, 3.05) is 23.4 Å². The monoisotopic (exact) mass is 382 g/mol. The molecule has 0 aliphatic carbocycles. The lowest BCUT2D eigenvalue weighted by Gasteiger charge is -2.14. The van der Waals surface area contributed by atoms with E-state index in [0.29, 0.717) is 22.2 Å². The summed E-state index contributed by atoms with van der Waals surface area (Å²) in [6.07, 6.45) is 1.44. The molecular weight excluding hydrogens is 364 g/mol. The molecule has 0 bridgehead atoms. The third kappa shape index (κ3) is 4.21. The fourth-order valence-electron chi connectivity index (χ4n) is 2.35. The van der Waals surface area contributed by atoms with Crippen LogP contribution in [0.1, 0.15) is 26.4 Å². The van der Waals surface area contributed by atoms with Crippen LogP contribution in [-0.4, -0.2) is 28.8 Å². The first-order chi connectivity index (χ1) is 13.0. The number of aromatic nitrogens is 2. The van der Waals surface area contributed by atoms with E-state index in [1.807, 2.05) is 31.2 Å². The Morgan fingerprint density at radius 3 is 2.59 bits per heavy atom. The van der Waals surface area contributed by atoms with Gasteiger partial charge in [-0.3, -0.25) is 9.59 Å². The number of para-hydroxylation sites is 1. The molecule has 1 aromatic carbocycles. The Bertz CT molecular complexity index is 1000. The van der Waals surface area contributed by atoms with E-state index in [1.165, 1.54) is 24.6 Å². The second-order valence-electron chi connectivity index (χ2n) is 5.66. The van der Waals surface area contributed by atoms with Gasteiger partial charge < -0.3 is 21.7 Å². The fourth-order valence-corrected chi connectivity index (χ4v) is 2.89. The molecule has 9 heteroatoms. The maximum Gasteiger partial charge on any atom is 0.275 e. The average molecular weight is 382 g/mol. The molecule has 3 rings (SSSR count). The van der Waals surface area contributed by atoms with Crippen LogP contribution in [0, 0.1) is 6.92 Å². The van der Waals surface area contributed by atoms with Gasteiger partial charge in [0.1, 0.15) is 5.69 Å². The summed E-state index contributed by atoms with van der Waals surface area (Å²) < 4.78 is 0. The summed E-state index contributed by atoms with van der Waals surface area (Å²) in [4.78, 5) is 32.7. The van der Waals surface area contributed by atoms with E-state index in [-0.39, 0.29) is 11.6 Å². The zero-order chi connectivity index (χ0) is 19.4. The number of nitrogens with one attached hydrogen (secondary N) is 3. The molecule has 0 radical (unpaired) electrons. The summed E-state index contributed by atoms with van der Waals surface area (Å²) in [6.45, 7) is 1.96. The minimum Gasteiger partial charge on any atom is -0.375 e. The number of hydrogen-bond donors (Lipinski definition) is 4. The zero-order valence-corrected chi connectivity index (χ0v) is 15.6. The highest BCUT2D eigenvalue weighted by atomic mass is 32.1. The van der Waals surface area contributed by atoms with Crippen LogP contribution in [-0.2, 0) is 0 Å². The van der Waals surface area contributed by atoms with Crippen LogP contribution in [0.25, 0.3) is 0 Å². The fraction of sp³-hybridized carbons (Fsp3) is 0.111. The quantitative estimate of drug-likeness (QED) is 0.538. The van der Waals surface area contributed by atoms with Crippen molar-refractivity contribution in [3.05, 3.63) is 58.7 Å². The molecule has 0 aliphatic rings. The molecule has 27 heavy (non-hydrogen) atoms. The summed E-state index contributed by atoms with van der Waals surface area (Å²) in [7, 11) is 1.53. The molecule has 0 unspecified atom stereocenters. The summed E-state index contributed by atoms with van der Waals surface area (Å²) >= 11 is 1.17. The van der Waals surface area contributed by atoms with Crippen molar-refractivity contribution in [1.29, 1.82) is 0 Å². The summed E-state index contributed by atoms with van der Waals surface area (Å²) in [5, 5.41) is 10.3. The number of nitrogens with zero attached hydrogens (tertiary/aromatic N) is 2. The normalized spacial score (nSPS) is 10.3. The van der Waals surface area contributed by atoms with Crippen LogP contribution in [0.5, 0.6) is 0 Å². The number of rotatable bonds is 5. The average Bonchev–Trinajstić information content (AvgIpc) is 3.10. The Morgan fingerprint density at radius 2 is 1.93 bits per heavy atom. The van der Waals surface area contributed by atoms with Crippen LogP contribution in [0.15, 0.2) is 41.9 Å². The van der Waals surface area contributed by atoms with Crippen molar-refractivity contribution in [2.45, 2.75) is 6.92 Å². The molecule has 3 aromatic rings. The maximum atomic E-state index is 12.5. The van der Waals surface area contributed by atoms with Crippen LogP contribution in [0.2, 0.25) is 0 Å². The molecule has 8 nitrogen and oxygen atoms in total. The number of anilines is 4. The van der Waals surface area contributed by atoms with Crippen LogP contribution in [0.4, 0.5) is 22.3 Å². The summed E-state index contributed by atoms with van der Waals surface area (Å²) in [6, 6.07) is 9.23. The summed E-state index contributed by atoms with van der Waals surface area (Å²) in [5.74, 6) is -0.335. The first kappa shape index (κ1) is 18.3. The van der Waals surface area contributed by atoms with Crippen molar-refractivity contribution in [3.63, 3.8) is 0 Å². The highest BCUT2D eigenvalue weighted by Gasteiger charge is 2.16. The predicted molar refractivity (Wildman–Crippen MR) is 107 cm³/mol. The minimum absolute atomic E-state index is 0.199. The number of pyridine rings is 1. The number of carbonyl (C=O) groups excluding carboxylic acids is 2. The van der Waals surface area contributed by atoms with Gasteiger partial charge in [-0.05, 0) is 24.6 Å². The number of aryl methyl sites for hydroxylation is 1. The Morgan fingerprint density at radius 1 is 1.15 bits per heavy atom. The van der Waals surface area contributed by atoms with Gasteiger partial charge >= 0.3 is 0 Å². The first-order valence-corrected chi connectivity index (χ1v) is 8.93. The van der Waals surface area contributed by atoms with E-state index in [0.717, 1.165) is 11.3 Å². The molecule has 5 N–H and O–H groups in total. The van der Waals surface area contributed by atoms with Crippen LogP contribution < -0.4 is 21.7 Å². The van der Waals surface area contributed by atoms with Gasteiger partial charge in [-0.2, -0.15) is 0 Å². The second kappa shape index (κ2) is 7.83. The topological polar surface area (TPSA) is 122 Å². The van der Waals surface area contributed by atoms with Gasteiger partial charge in [0.25, 0.3) is 11.8 Å². The van der Waals surface area contributed by atoms with Crippen LogP contribution >= 0.6 is 11.3 Å². The van der Waals surface area contributed by atoms with Crippen molar-refractivity contribution in [2.24, 2.45) is 0 Å². The number of thiazole rings is 1. The number of nitrogen functional groups attached to an aromatic ring is 1. The van der Waals surface area contributed by atoms with Crippen molar-refractivity contribution < 1.29 is 9.59 Å². The standard InChI is InChI=1S/C18H18N6O2S/c1-10-5-3-4-6-12(10)22-15-13(7-11(8-21-15)16(25)20-2)23-17(26)14-9-27-18(19)24-14/h3-9H,1-2H3,(H2,19,24)(H,20,25)(H,21,22)(H,23,26). The Kier molecular flexibility index (Phi) is 5.32. The van der Waals surface area contributed by atoms with Gasteiger partial charge in [-0.1, -0.05) is 18.2 Å². The lowest BCUT2D eigenvalue weighted by molar-refractivity contribution is 0.0961. The number of nitrogens with two attached hydrogens (primary N) is 1. The van der Waals surface area contributed by atoms with Crippen molar-refractivity contribution in [3.8, 4) is 0 Å². The largest absolute Gasteiger partial charge is 0.375 e. The van der Waals surface area contributed by atoms with E-state index in [1.54, 1.807) is 11.4 Å². The van der Waals surface area contributed by atoms with E-state index in [4.69, 9.17) is 5.73 Å². The molecule has 0 spiro atoms. The number of benzene rings is 1.